The van der Waals surface area contributed by atoms with Crippen molar-refractivity contribution < 1.29 is 0 Å². The molecule has 0 spiro atoms. The summed E-state index contributed by atoms with van der Waals surface area (Å²) in [6, 6.07) is 20.9. The third-order valence-corrected chi connectivity index (χ3v) is 5.39. The van der Waals surface area contributed by atoms with E-state index in [4.69, 9.17) is 4.98 Å². The van der Waals surface area contributed by atoms with Crippen LogP contribution in [-0.2, 0) is 0 Å². The van der Waals surface area contributed by atoms with Gasteiger partial charge in [0, 0.05) is 29.8 Å². The molecule has 0 aliphatic carbocycles. The van der Waals surface area contributed by atoms with Crippen molar-refractivity contribution in [2.45, 2.75) is 0 Å². The lowest BCUT2D eigenvalue weighted by Crippen LogP contribution is -1.90. The van der Waals surface area contributed by atoms with Crippen molar-refractivity contribution in [2.75, 3.05) is 0 Å². The summed E-state index contributed by atoms with van der Waals surface area (Å²) in [5.74, 6) is 0. The highest BCUT2D eigenvalue weighted by Gasteiger charge is 2.14. The molecule has 1 nitrogen and oxygen atoms in total. The molecule has 1 aromatic heterocycles. The molecule has 3 aromatic carbocycles. The molecule has 0 aliphatic heterocycles. The Morgan fingerprint density at radius 2 is 1.43 bits per heavy atom. The molecule has 0 fully saturated rings. The number of hydrogen-bond acceptors (Lipinski definition) is 1. The molecule has 0 radical (unpaired) electrons. The minimum Gasteiger partial charge on any atom is -0.248 e. The van der Waals surface area contributed by atoms with Crippen LogP contribution in [0.3, 0.4) is 0 Å². The Labute approximate surface area is 159 Å². The summed E-state index contributed by atoms with van der Waals surface area (Å²) < 4.78 is 3.08. The van der Waals surface area contributed by atoms with Crippen LogP contribution in [0.25, 0.3) is 32.9 Å². The zero-order chi connectivity index (χ0) is 16.0. The molecule has 4 rings (SSSR count). The average molecular weight is 492 g/mol. The second-order valence-corrected chi connectivity index (χ2v) is 7.98. The summed E-state index contributed by atoms with van der Waals surface area (Å²) in [5, 5.41) is 2.28. The van der Waals surface area contributed by atoms with Crippen LogP contribution in [0.2, 0.25) is 0 Å². The SMILES string of the molecule is Brc1ccc2c(-c3ccccc3)c3c(Br)cc(Br)cc3nc2c1. The molecule has 0 bridgehead atoms. The molecule has 0 saturated carbocycles. The first-order valence-corrected chi connectivity index (χ1v) is 9.45. The Bertz CT molecular complexity index is 1040. The molecular formula is C19H10Br3N. The quantitative estimate of drug-likeness (QED) is 0.254. The van der Waals surface area contributed by atoms with Gasteiger partial charge in [0.1, 0.15) is 0 Å². The highest BCUT2D eigenvalue weighted by atomic mass is 79.9. The van der Waals surface area contributed by atoms with Crippen molar-refractivity contribution in [2.24, 2.45) is 0 Å². The fraction of sp³-hybridized carbons (Fsp3) is 0. The fourth-order valence-electron chi connectivity index (χ4n) is 2.87. The van der Waals surface area contributed by atoms with Crippen molar-refractivity contribution in [3.8, 4) is 11.1 Å². The molecule has 23 heavy (non-hydrogen) atoms. The monoisotopic (exact) mass is 489 g/mol. The Morgan fingerprint density at radius 3 is 2.22 bits per heavy atom. The first-order valence-electron chi connectivity index (χ1n) is 7.07. The first-order chi connectivity index (χ1) is 11.1. The Morgan fingerprint density at radius 1 is 0.696 bits per heavy atom. The lowest BCUT2D eigenvalue weighted by Gasteiger charge is -2.13. The molecule has 4 aromatic rings. The van der Waals surface area contributed by atoms with Crippen LogP contribution in [-0.4, -0.2) is 4.98 Å². The Balaban J connectivity index is 2.26. The molecule has 0 aliphatic rings. The van der Waals surface area contributed by atoms with Crippen molar-refractivity contribution >= 4 is 69.6 Å². The average Bonchev–Trinajstić information content (AvgIpc) is 2.53. The normalized spacial score (nSPS) is 11.3. The van der Waals surface area contributed by atoms with Crippen LogP contribution in [0.5, 0.6) is 0 Å². The highest BCUT2D eigenvalue weighted by molar-refractivity contribution is 9.11. The van der Waals surface area contributed by atoms with Crippen LogP contribution in [0, 0.1) is 0 Å². The fourth-order valence-corrected chi connectivity index (χ4v) is 4.62. The predicted octanol–water partition coefficient (Wildman–Crippen LogP) is 7.34. The first kappa shape index (κ1) is 15.3. The summed E-state index contributed by atoms with van der Waals surface area (Å²) in [5.41, 5.74) is 4.35. The van der Waals surface area contributed by atoms with E-state index in [1.165, 1.54) is 11.1 Å². The predicted molar refractivity (Wildman–Crippen MR) is 108 cm³/mol. The summed E-state index contributed by atoms with van der Waals surface area (Å²) in [6.07, 6.45) is 0. The Kier molecular flexibility index (Phi) is 4.00. The maximum absolute atomic E-state index is 4.86. The van der Waals surface area contributed by atoms with E-state index in [0.717, 1.165) is 35.2 Å². The second kappa shape index (κ2) is 6.00. The number of aromatic nitrogens is 1. The van der Waals surface area contributed by atoms with E-state index in [0.29, 0.717) is 0 Å². The van der Waals surface area contributed by atoms with Crippen molar-refractivity contribution in [1.82, 2.24) is 4.98 Å². The molecule has 112 valence electrons. The number of nitrogens with zero attached hydrogens (tertiary/aromatic N) is 1. The van der Waals surface area contributed by atoms with Gasteiger partial charge in [0.05, 0.1) is 11.0 Å². The molecule has 0 unspecified atom stereocenters. The number of halogens is 3. The number of pyridine rings is 1. The highest BCUT2D eigenvalue weighted by Crippen LogP contribution is 2.40. The summed E-state index contributed by atoms with van der Waals surface area (Å²) in [4.78, 5) is 4.86. The van der Waals surface area contributed by atoms with Gasteiger partial charge in [-0.1, -0.05) is 84.2 Å². The molecule has 0 atom stereocenters. The van der Waals surface area contributed by atoms with Gasteiger partial charge in [-0.25, -0.2) is 4.98 Å². The zero-order valence-electron chi connectivity index (χ0n) is 11.9. The summed E-state index contributed by atoms with van der Waals surface area (Å²) in [6.45, 7) is 0. The van der Waals surface area contributed by atoms with Gasteiger partial charge in [-0.2, -0.15) is 0 Å². The Hall–Kier alpha value is -1.23. The van der Waals surface area contributed by atoms with Crippen molar-refractivity contribution in [3.05, 3.63) is 74.1 Å². The smallest absolute Gasteiger partial charge is 0.0738 e. The van der Waals surface area contributed by atoms with Gasteiger partial charge in [0.2, 0.25) is 0 Å². The number of rotatable bonds is 1. The van der Waals surface area contributed by atoms with Gasteiger partial charge in [-0.3, -0.25) is 0 Å². The molecule has 1 heterocycles. The van der Waals surface area contributed by atoms with E-state index >= 15 is 0 Å². The van der Waals surface area contributed by atoms with E-state index in [2.05, 4.69) is 102 Å². The number of fused-ring (bicyclic) bond motifs is 2. The van der Waals surface area contributed by atoms with Gasteiger partial charge in [-0.05, 0) is 29.8 Å². The third-order valence-electron chi connectivity index (χ3n) is 3.82. The van der Waals surface area contributed by atoms with Crippen LogP contribution in [0.4, 0.5) is 0 Å². The third kappa shape index (κ3) is 2.73. The van der Waals surface area contributed by atoms with Gasteiger partial charge in [-0.15, -0.1) is 0 Å². The van der Waals surface area contributed by atoms with Gasteiger partial charge in [0.25, 0.3) is 0 Å². The van der Waals surface area contributed by atoms with E-state index in [9.17, 15) is 0 Å². The minimum absolute atomic E-state index is 0.968. The number of hydrogen-bond donors (Lipinski definition) is 0. The van der Waals surface area contributed by atoms with Gasteiger partial charge >= 0.3 is 0 Å². The minimum atomic E-state index is 0.968. The lowest BCUT2D eigenvalue weighted by atomic mass is 9.96. The second-order valence-electron chi connectivity index (χ2n) is 5.30. The molecule has 0 amide bonds. The lowest BCUT2D eigenvalue weighted by molar-refractivity contribution is 1.47. The topological polar surface area (TPSA) is 12.9 Å². The summed E-state index contributed by atoms with van der Waals surface area (Å²) in [7, 11) is 0. The molecule has 0 saturated heterocycles. The maximum atomic E-state index is 4.86. The molecule has 0 N–H and O–H groups in total. The van der Waals surface area contributed by atoms with Crippen LogP contribution < -0.4 is 0 Å². The standard InChI is InChI=1S/C19H10Br3N/c20-12-6-7-14-16(9-12)23-17-10-13(21)8-15(22)19(17)18(14)11-4-2-1-3-5-11/h1-10H. The molecular weight excluding hydrogens is 482 g/mol. The molecule has 4 heteroatoms. The van der Waals surface area contributed by atoms with Crippen LogP contribution in [0.15, 0.2) is 74.1 Å². The van der Waals surface area contributed by atoms with E-state index in [1.54, 1.807) is 0 Å². The van der Waals surface area contributed by atoms with Crippen molar-refractivity contribution in [3.63, 3.8) is 0 Å². The summed E-state index contributed by atoms with van der Waals surface area (Å²) >= 11 is 10.8. The van der Waals surface area contributed by atoms with Crippen LogP contribution in [0.1, 0.15) is 0 Å². The maximum Gasteiger partial charge on any atom is 0.0738 e. The van der Waals surface area contributed by atoms with E-state index in [-0.39, 0.29) is 0 Å². The van der Waals surface area contributed by atoms with Gasteiger partial charge < -0.3 is 0 Å². The van der Waals surface area contributed by atoms with Crippen molar-refractivity contribution in [1.29, 1.82) is 0 Å². The number of benzene rings is 3. The van der Waals surface area contributed by atoms with E-state index < -0.39 is 0 Å². The van der Waals surface area contributed by atoms with Crippen LogP contribution >= 0.6 is 47.8 Å². The van der Waals surface area contributed by atoms with Gasteiger partial charge in [0.15, 0.2) is 0 Å². The zero-order valence-corrected chi connectivity index (χ0v) is 16.6. The largest absolute Gasteiger partial charge is 0.248 e. The van der Waals surface area contributed by atoms with E-state index in [1.807, 2.05) is 6.07 Å².